The van der Waals surface area contributed by atoms with E-state index in [4.69, 9.17) is 42.2 Å². The standard InChI is InChI=1S/C33H41Cl2N5O6S/c1-33(2,3)46-32(41)40-13-11-39(12-14-40)30-5-4-28(21-36-30)45-31-17-24(16-29(37-31)25-18-26(34)20-27(35)19-25)22-38-9-6-23(7-10-38)8-15-47(42,43)44/h4-5,16-21,23H,6-15,22H2,1-3H3,(H,42,43,44). The predicted octanol–water partition coefficient (Wildman–Crippen LogP) is 6.79. The largest absolute Gasteiger partial charge is 0.444 e. The van der Waals surface area contributed by atoms with Crippen LogP contribution in [0.2, 0.25) is 10.0 Å². The maximum atomic E-state index is 12.4. The van der Waals surface area contributed by atoms with Crippen molar-refractivity contribution in [3.63, 3.8) is 0 Å². The zero-order valence-corrected chi connectivity index (χ0v) is 29.2. The van der Waals surface area contributed by atoms with E-state index in [-0.39, 0.29) is 17.8 Å². The summed E-state index contributed by atoms with van der Waals surface area (Å²) in [6.07, 6.45) is 3.54. The first-order chi connectivity index (χ1) is 22.2. The minimum atomic E-state index is -3.95. The SMILES string of the molecule is CC(C)(C)OC(=O)N1CCN(c2ccc(Oc3cc(CN4CCC(CCS(=O)(=O)O)CC4)cc(-c4cc(Cl)cc(Cl)c4)n3)cn2)CC1. The quantitative estimate of drug-likeness (QED) is 0.238. The molecule has 0 radical (unpaired) electrons. The number of ether oxygens (including phenoxy) is 2. The van der Waals surface area contributed by atoms with Gasteiger partial charge < -0.3 is 19.3 Å². The van der Waals surface area contributed by atoms with Gasteiger partial charge >= 0.3 is 6.09 Å². The number of carbonyl (C=O) groups is 1. The van der Waals surface area contributed by atoms with Crippen LogP contribution >= 0.6 is 23.2 Å². The van der Waals surface area contributed by atoms with Crippen molar-refractivity contribution in [2.45, 2.75) is 52.2 Å². The van der Waals surface area contributed by atoms with Gasteiger partial charge in [0.2, 0.25) is 5.88 Å². The Balaban J connectivity index is 1.26. The summed E-state index contributed by atoms with van der Waals surface area (Å²) < 4.78 is 43.2. The molecule has 0 unspecified atom stereocenters. The lowest BCUT2D eigenvalue weighted by atomic mass is 9.94. The molecule has 2 aliphatic heterocycles. The number of likely N-dealkylation sites (tertiary alicyclic amines) is 1. The zero-order valence-electron chi connectivity index (χ0n) is 26.9. The van der Waals surface area contributed by atoms with E-state index in [1.165, 1.54) is 0 Å². The molecule has 5 rings (SSSR count). The van der Waals surface area contributed by atoms with Crippen molar-refractivity contribution >= 4 is 45.2 Å². The fourth-order valence-corrected chi connectivity index (χ4v) is 6.90. The highest BCUT2D eigenvalue weighted by atomic mass is 35.5. The van der Waals surface area contributed by atoms with Crippen LogP contribution < -0.4 is 9.64 Å². The lowest BCUT2D eigenvalue weighted by Crippen LogP contribution is -2.50. The summed E-state index contributed by atoms with van der Waals surface area (Å²) >= 11 is 12.6. The number of pyridine rings is 2. The molecule has 2 saturated heterocycles. The third kappa shape index (κ3) is 10.7. The number of amides is 1. The van der Waals surface area contributed by atoms with Gasteiger partial charge in [-0.3, -0.25) is 9.45 Å². The van der Waals surface area contributed by atoms with Crippen molar-refractivity contribution in [1.29, 1.82) is 0 Å². The Morgan fingerprint density at radius 3 is 2.26 bits per heavy atom. The van der Waals surface area contributed by atoms with Gasteiger partial charge in [0.15, 0.2) is 0 Å². The number of nitrogens with zero attached hydrogens (tertiary/aromatic N) is 5. The third-order valence-electron chi connectivity index (χ3n) is 8.12. The lowest BCUT2D eigenvalue weighted by Gasteiger charge is -2.36. The van der Waals surface area contributed by atoms with Gasteiger partial charge in [0, 0.05) is 54.4 Å². The van der Waals surface area contributed by atoms with E-state index >= 15 is 0 Å². The highest BCUT2D eigenvalue weighted by molar-refractivity contribution is 7.85. The molecule has 0 atom stereocenters. The molecule has 14 heteroatoms. The topological polar surface area (TPSA) is 125 Å². The van der Waals surface area contributed by atoms with Crippen LogP contribution in [0.5, 0.6) is 11.6 Å². The zero-order chi connectivity index (χ0) is 33.8. The predicted molar refractivity (Wildman–Crippen MR) is 183 cm³/mol. The molecule has 1 aromatic carbocycles. The molecule has 0 aliphatic carbocycles. The van der Waals surface area contributed by atoms with Gasteiger partial charge in [-0.25, -0.2) is 14.8 Å². The molecular formula is C33H41Cl2N5O6S. The second-order valence-electron chi connectivity index (χ2n) is 13.1. The van der Waals surface area contributed by atoms with Gasteiger partial charge in [0.05, 0.1) is 17.6 Å². The summed E-state index contributed by atoms with van der Waals surface area (Å²) in [5, 5.41) is 1.00. The maximum absolute atomic E-state index is 12.4. The molecular weight excluding hydrogens is 665 g/mol. The minimum absolute atomic E-state index is 0.200. The van der Waals surface area contributed by atoms with Gasteiger partial charge in [0.25, 0.3) is 10.1 Å². The number of benzene rings is 1. The van der Waals surface area contributed by atoms with Gasteiger partial charge in [-0.2, -0.15) is 8.42 Å². The van der Waals surface area contributed by atoms with Gasteiger partial charge in [-0.1, -0.05) is 23.2 Å². The highest BCUT2D eigenvalue weighted by Gasteiger charge is 2.26. The summed E-state index contributed by atoms with van der Waals surface area (Å²) in [4.78, 5) is 28.0. The molecule has 47 heavy (non-hydrogen) atoms. The van der Waals surface area contributed by atoms with Crippen LogP contribution in [0.15, 0.2) is 48.7 Å². The number of halogens is 2. The molecule has 11 nitrogen and oxygen atoms in total. The Kier molecular flexibility index (Phi) is 11.2. The first-order valence-corrected chi connectivity index (χ1v) is 18.1. The molecule has 0 bridgehead atoms. The summed E-state index contributed by atoms with van der Waals surface area (Å²) in [5.74, 6) is 1.78. The van der Waals surface area contributed by atoms with Gasteiger partial charge in [-0.05, 0) is 101 Å². The number of anilines is 1. The van der Waals surface area contributed by atoms with Crippen LogP contribution in [0.1, 0.15) is 45.6 Å². The second-order valence-corrected chi connectivity index (χ2v) is 15.5. The first-order valence-electron chi connectivity index (χ1n) is 15.7. The molecule has 2 fully saturated rings. The van der Waals surface area contributed by atoms with Crippen LogP contribution in [-0.4, -0.2) is 89.5 Å². The van der Waals surface area contributed by atoms with E-state index in [0.717, 1.165) is 42.9 Å². The Bertz CT molecular complexity index is 1630. The smallest absolute Gasteiger partial charge is 0.410 e. The van der Waals surface area contributed by atoms with Crippen LogP contribution in [0.4, 0.5) is 10.6 Å². The van der Waals surface area contributed by atoms with Crippen molar-refractivity contribution in [3.8, 4) is 22.9 Å². The fraction of sp³-hybridized carbons (Fsp3) is 0.485. The van der Waals surface area contributed by atoms with Crippen LogP contribution in [0.3, 0.4) is 0 Å². The van der Waals surface area contributed by atoms with Crippen molar-refractivity contribution in [2.75, 3.05) is 49.9 Å². The number of carbonyl (C=O) groups excluding carboxylic acids is 1. The number of piperidine rings is 1. The molecule has 0 spiro atoms. The average molecular weight is 707 g/mol. The van der Waals surface area contributed by atoms with Crippen molar-refractivity contribution in [3.05, 3.63) is 64.3 Å². The van der Waals surface area contributed by atoms with E-state index in [2.05, 4.69) is 14.8 Å². The number of hydrogen-bond donors (Lipinski definition) is 1. The van der Waals surface area contributed by atoms with Gasteiger partial charge in [0.1, 0.15) is 17.2 Å². The lowest BCUT2D eigenvalue weighted by molar-refractivity contribution is 0.0240. The van der Waals surface area contributed by atoms with Crippen LogP contribution in [0.25, 0.3) is 11.3 Å². The van der Waals surface area contributed by atoms with Crippen molar-refractivity contribution in [2.24, 2.45) is 5.92 Å². The van der Waals surface area contributed by atoms with E-state index in [1.54, 1.807) is 17.2 Å². The van der Waals surface area contributed by atoms with Gasteiger partial charge in [-0.15, -0.1) is 0 Å². The normalized spacial score (nSPS) is 16.7. The number of rotatable bonds is 9. The molecule has 1 amide bonds. The highest BCUT2D eigenvalue weighted by Crippen LogP contribution is 2.31. The molecule has 1 N–H and O–H groups in total. The third-order valence-corrected chi connectivity index (χ3v) is 9.30. The summed E-state index contributed by atoms with van der Waals surface area (Å²) in [6, 6.07) is 12.9. The first kappa shape index (κ1) is 35.2. The monoisotopic (exact) mass is 705 g/mol. The molecule has 4 heterocycles. The Labute approximate surface area is 286 Å². The Morgan fingerprint density at radius 1 is 0.979 bits per heavy atom. The second kappa shape index (κ2) is 14.9. The van der Waals surface area contributed by atoms with E-state index in [9.17, 15) is 13.2 Å². The Morgan fingerprint density at radius 2 is 1.66 bits per heavy atom. The van der Waals surface area contributed by atoms with Crippen molar-refractivity contribution in [1.82, 2.24) is 19.8 Å². The number of piperazine rings is 1. The van der Waals surface area contributed by atoms with E-state index < -0.39 is 15.7 Å². The molecule has 0 saturated carbocycles. The maximum Gasteiger partial charge on any atom is 0.410 e. The minimum Gasteiger partial charge on any atom is -0.444 e. The number of hydrogen-bond acceptors (Lipinski definition) is 9. The molecule has 3 aromatic rings. The van der Waals surface area contributed by atoms with Crippen LogP contribution in [-0.2, 0) is 21.4 Å². The summed E-state index contributed by atoms with van der Waals surface area (Å²) in [7, 11) is -3.95. The number of aromatic nitrogens is 2. The molecule has 254 valence electrons. The molecule has 2 aliphatic rings. The average Bonchev–Trinajstić information content (AvgIpc) is 2.99. The summed E-state index contributed by atoms with van der Waals surface area (Å²) in [6.45, 7) is 10.2. The summed E-state index contributed by atoms with van der Waals surface area (Å²) in [5.41, 5.74) is 1.88. The van der Waals surface area contributed by atoms with E-state index in [1.807, 2.05) is 57.2 Å². The Hall–Kier alpha value is -3.16. The van der Waals surface area contributed by atoms with E-state index in [0.29, 0.717) is 66.5 Å². The van der Waals surface area contributed by atoms with Crippen molar-refractivity contribution < 1.29 is 27.2 Å². The fourth-order valence-electron chi connectivity index (χ4n) is 5.74. The van der Waals surface area contributed by atoms with Crippen LogP contribution in [0, 0.1) is 5.92 Å². The molecule has 2 aromatic heterocycles.